The van der Waals surface area contributed by atoms with Crippen molar-refractivity contribution in [2.24, 2.45) is 0 Å². The highest BCUT2D eigenvalue weighted by molar-refractivity contribution is 6.91. The summed E-state index contributed by atoms with van der Waals surface area (Å²) < 4.78 is 7.39. The van der Waals surface area contributed by atoms with Crippen LogP contribution in [0.1, 0.15) is 137 Å². The zero-order valence-electron chi connectivity index (χ0n) is 37.2. The third-order valence-electron chi connectivity index (χ3n) is 13.2. The molecule has 4 aromatic carbocycles. The lowest BCUT2D eigenvalue weighted by Crippen LogP contribution is -2.48. The molecular weight excluding hydrogens is 721 g/mol. The average Bonchev–Trinajstić information content (AvgIpc) is 3.13. The van der Waals surface area contributed by atoms with Crippen LogP contribution in [0.15, 0.2) is 84.9 Å². The van der Waals surface area contributed by atoms with Crippen molar-refractivity contribution in [3.8, 4) is 11.5 Å². The van der Waals surface area contributed by atoms with Crippen LogP contribution in [-0.4, -0.2) is 61.9 Å². The number of benzene rings is 4. The summed E-state index contributed by atoms with van der Waals surface area (Å²) in [4.78, 5) is 34.7. The molecule has 2 amide bonds. The number of carbonyl (C=O) groups excluding carboxylic acids is 2. The maximum absolute atomic E-state index is 15.4. The number of fused-ring (bicyclic) bond motifs is 2. The maximum Gasteiger partial charge on any atom is 0.258 e. The van der Waals surface area contributed by atoms with E-state index in [0.717, 1.165) is 22.3 Å². The molecule has 7 heteroatoms. The fraction of sp³-hybridized carbons (Fsp3) is 0.469. The molecule has 0 spiro atoms. The normalized spacial score (nSPS) is 15.0. The van der Waals surface area contributed by atoms with E-state index in [9.17, 15) is 0 Å². The number of rotatable bonds is 12. The second kappa shape index (κ2) is 16.1. The van der Waals surface area contributed by atoms with Crippen molar-refractivity contribution in [1.82, 2.24) is 9.80 Å². The average molecular weight is 789 g/mol. The van der Waals surface area contributed by atoms with Crippen molar-refractivity contribution in [3.05, 3.63) is 118 Å². The monoisotopic (exact) mass is 788 g/mol. The van der Waals surface area contributed by atoms with Gasteiger partial charge in [0.15, 0.2) is 0 Å². The molecule has 1 heterocycles. The smallest absolute Gasteiger partial charge is 0.258 e. The summed E-state index contributed by atoms with van der Waals surface area (Å²) in [5, 5.41) is 2.69. The number of carbonyl (C=O) groups is 2. The predicted octanol–water partition coefficient (Wildman–Crippen LogP) is 11.2. The number of ether oxygens (including phenoxy) is 1. The summed E-state index contributed by atoms with van der Waals surface area (Å²) in [5.41, 5.74) is 4.85. The highest BCUT2D eigenvalue weighted by atomic mass is 28.3. The Kier molecular flexibility index (Phi) is 12.4. The van der Waals surface area contributed by atoms with Crippen molar-refractivity contribution < 1.29 is 14.3 Å². The van der Waals surface area contributed by atoms with Crippen molar-refractivity contribution in [2.75, 3.05) is 0 Å². The number of hydrogen-bond donors (Lipinski definition) is 0. The van der Waals surface area contributed by atoms with Gasteiger partial charge in [-0.15, -0.1) is 0 Å². The van der Waals surface area contributed by atoms with Gasteiger partial charge in [-0.05, 0) is 77.6 Å². The van der Waals surface area contributed by atoms with Crippen LogP contribution in [0.3, 0.4) is 0 Å². The van der Waals surface area contributed by atoms with Crippen LogP contribution in [-0.2, 0) is 5.41 Å². The Morgan fingerprint density at radius 3 is 1.09 bits per heavy atom. The highest BCUT2D eigenvalue weighted by Gasteiger charge is 2.45. The van der Waals surface area contributed by atoms with Gasteiger partial charge in [0.2, 0.25) is 0 Å². The van der Waals surface area contributed by atoms with Gasteiger partial charge < -0.3 is 14.5 Å². The first kappa shape index (κ1) is 43.2. The second-order valence-corrected chi connectivity index (χ2v) is 28.7. The van der Waals surface area contributed by atoms with Gasteiger partial charge >= 0.3 is 0 Å². The molecule has 5 nitrogen and oxygen atoms in total. The summed E-state index contributed by atoms with van der Waals surface area (Å²) in [7, 11) is -4.34. The fourth-order valence-corrected chi connectivity index (χ4v) is 14.3. The minimum absolute atomic E-state index is 0.0215. The summed E-state index contributed by atoms with van der Waals surface area (Å²) >= 11 is 0. The van der Waals surface area contributed by atoms with Crippen LogP contribution in [0.25, 0.3) is 0 Å². The van der Waals surface area contributed by atoms with Crippen LogP contribution in [0, 0.1) is 0 Å². The Balaban J connectivity index is 1.87. The van der Waals surface area contributed by atoms with Gasteiger partial charge in [0, 0.05) is 40.7 Å². The summed E-state index contributed by atoms with van der Waals surface area (Å²) in [6.45, 7) is 35.4. The molecule has 0 aromatic heterocycles. The third-order valence-corrected chi connectivity index (χ3v) is 21.8. The highest BCUT2D eigenvalue weighted by Crippen LogP contribution is 2.54. The van der Waals surface area contributed by atoms with Crippen molar-refractivity contribution in [2.45, 2.75) is 150 Å². The first-order chi connectivity index (χ1) is 26.1. The van der Waals surface area contributed by atoms with E-state index in [0.29, 0.717) is 22.6 Å². The van der Waals surface area contributed by atoms with Crippen LogP contribution in [0.4, 0.5) is 0 Å². The zero-order valence-corrected chi connectivity index (χ0v) is 39.2. The van der Waals surface area contributed by atoms with Gasteiger partial charge in [-0.3, -0.25) is 9.59 Å². The Labute approximate surface area is 340 Å². The van der Waals surface area contributed by atoms with Crippen molar-refractivity contribution in [3.63, 3.8) is 0 Å². The van der Waals surface area contributed by atoms with E-state index in [1.54, 1.807) is 0 Å². The molecule has 0 aliphatic carbocycles. The van der Waals surface area contributed by atoms with Crippen LogP contribution in [0.5, 0.6) is 11.5 Å². The molecule has 0 fully saturated rings. The van der Waals surface area contributed by atoms with Crippen LogP contribution in [0.2, 0.25) is 26.2 Å². The maximum atomic E-state index is 15.4. The molecule has 5 rings (SSSR count). The first-order valence-corrected chi connectivity index (χ1v) is 27.0. The predicted molar refractivity (Wildman–Crippen MR) is 242 cm³/mol. The van der Waals surface area contributed by atoms with Gasteiger partial charge in [-0.1, -0.05) is 149 Å². The second-order valence-electron chi connectivity index (χ2n) is 19.0. The van der Waals surface area contributed by atoms with E-state index in [1.807, 2.05) is 9.80 Å². The first-order valence-electron chi connectivity index (χ1n) is 20.9. The lowest BCUT2D eigenvalue weighted by Gasteiger charge is -2.42. The Bertz CT molecular complexity index is 1890. The molecule has 1 aliphatic rings. The quantitative estimate of drug-likeness (QED) is 0.134. The largest absolute Gasteiger partial charge is 0.455 e. The number of hydrogen-bond acceptors (Lipinski definition) is 3. The number of amides is 2. The molecule has 56 heavy (non-hydrogen) atoms. The van der Waals surface area contributed by atoms with Crippen molar-refractivity contribution in [1.29, 1.82) is 0 Å². The van der Waals surface area contributed by atoms with Crippen LogP contribution >= 0.6 is 0 Å². The van der Waals surface area contributed by atoms with Crippen molar-refractivity contribution >= 4 is 38.3 Å². The molecule has 2 atom stereocenters. The van der Waals surface area contributed by atoms with Gasteiger partial charge in [-0.2, -0.15) is 0 Å². The fourth-order valence-electron chi connectivity index (χ4n) is 9.20. The minimum Gasteiger partial charge on any atom is -0.455 e. The van der Waals surface area contributed by atoms with Gasteiger partial charge in [0.1, 0.15) is 11.5 Å². The molecule has 0 N–H and O–H groups in total. The van der Waals surface area contributed by atoms with E-state index in [-0.39, 0.29) is 47.1 Å². The molecule has 0 radical (unpaired) electrons. The van der Waals surface area contributed by atoms with E-state index >= 15 is 9.59 Å². The molecule has 0 saturated carbocycles. The molecule has 0 bridgehead atoms. The van der Waals surface area contributed by atoms with Gasteiger partial charge in [0.05, 0.1) is 27.3 Å². The lowest BCUT2D eigenvalue weighted by molar-refractivity contribution is 0.0634. The Morgan fingerprint density at radius 1 is 0.500 bits per heavy atom. The van der Waals surface area contributed by atoms with E-state index < -0.39 is 21.6 Å². The van der Waals surface area contributed by atoms with Gasteiger partial charge in [0.25, 0.3) is 11.8 Å². The topological polar surface area (TPSA) is 49.9 Å². The molecule has 4 aromatic rings. The van der Waals surface area contributed by atoms with Gasteiger partial charge in [-0.25, -0.2) is 0 Å². The summed E-state index contributed by atoms with van der Waals surface area (Å²) in [6, 6.07) is 30.3. The molecule has 1 aliphatic heterocycles. The zero-order chi connectivity index (χ0) is 41.7. The molecule has 0 saturated heterocycles. The van der Waals surface area contributed by atoms with Crippen LogP contribution < -0.4 is 15.1 Å². The Hall–Kier alpha value is -3.95. The van der Waals surface area contributed by atoms with E-state index in [4.69, 9.17) is 4.74 Å². The minimum atomic E-state index is -2.17. The third kappa shape index (κ3) is 7.58. The SMILES string of the molecule is CC(C)N(C(=O)c1c([C@H](C)[Si](C)(C)c2ccccc2)ccc2c1Oc1c(ccc([C@H](C)[Si](C)(C)c3ccccc3)c1C(=O)N(C(C)C)C(C)C)C2(C)C)C(C)C. The molecule has 0 unspecified atom stereocenters. The van der Waals surface area contributed by atoms with E-state index in [2.05, 4.69) is 194 Å². The van der Waals surface area contributed by atoms with E-state index in [1.165, 1.54) is 10.4 Å². The standard InChI is InChI=1S/C49H68N2O3Si2/c1-31(2)50(32(3)4)47(52)43-39(35(9)55(13,14)37-23-19-17-20-24-37)27-29-41-45(43)54-46-42(49(41,11)12)30-28-40(44(46)48(53)51(33(5)6)34(7)8)36(10)56(15,16)38-25-21-18-22-26-38/h17-36H,1-16H3/t35-,36-/m0/s1. The summed E-state index contributed by atoms with van der Waals surface area (Å²) in [6.07, 6.45) is 0. The lowest BCUT2D eigenvalue weighted by atomic mass is 9.73. The number of nitrogens with zero attached hydrogens (tertiary/aromatic N) is 2. The summed E-state index contributed by atoms with van der Waals surface area (Å²) in [5.74, 6) is 1.15. The molecule has 300 valence electrons. The molecular formula is C49H68N2O3Si2. The Morgan fingerprint density at radius 2 is 0.804 bits per heavy atom.